The molecule has 1 N–H and O–H groups in total. The van der Waals surface area contributed by atoms with Gasteiger partial charge in [-0.1, -0.05) is 51.1 Å². The fourth-order valence-corrected chi connectivity index (χ4v) is 2.67. The molecule has 2 aromatic rings. The predicted molar refractivity (Wildman–Crippen MR) is 105 cm³/mol. The maximum absolute atomic E-state index is 12.4. The molecular weight excluding hydrogens is 326 g/mol. The van der Waals surface area contributed by atoms with Gasteiger partial charge in [-0.05, 0) is 42.0 Å². The molecule has 0 heterocycles. The summed E-state index contributed by atoms with van der Waals surface area (Å²) < 4.78 is 11.0. The van der Waals surface area contributed by atoms with E-state index in [0.29, 0.717) is 30.4 Å². The quantitative estimate of drug-likeness (QED) is 0.728. The van der Waals surface area contributed by atoms with Gasteiger partial charge >= 0.3 is 0 Å². The van der Waals surface area contributed by atoms with Gasteiger partial charge in [0.25, 0.3) is 5.91 Å². The molecule has 1 atom stereocenters. The number of hydrogen-bond acceptors (Lipinski definition) is 3. The molecule has 0 saturated carbocycles. The number of benzene rings is 2. The van der Waals surface area contributed by atoms with E-state index in [4.69, 9.17) is 9.47 Å². The zero-order valence-corrected chi connectivity index (χ0v) is 16.1. The van der Waals surface area contributed by atoms with Gasteiger partial charge in [0.15, 0.2) is 6.10 Å². The fourth-order valence-electron chi connectivity index (χ4n) is 2.67. The van der Waals surface area contributed by atoms with E-state index in [-0.39, 0.29) is 5.91 Å². The molecule has 2 rings (SSSR count). The van der Waals surface area contributed by atoms with Gasteiger partial charge in [0, 0.05) is 12.6 Å². The lowest BCUT2D eigenvalue weighted by Crippen LogP contribution is -2.38. The number of rotatable bonds is 9. The van der Waals surface area contributed by atoms with Crippen LogP contribution in [0.3, 0.4) is 0 Å². The van der Waals surface area contributed by atoms with Crippen LogP contribution in [0.2, 0.25) is 0 Å². The minimum atomic E-state index is -0.509. The third-order valence-electron chi connectivity index (χ3n) is 4.34. The second-order valence-electron chi connectivity index (χ2n) is 6.63. The van der Waals surface area contributed by atoms with Gasteiger partial charge in [0.1, 0.15) is 11.5 Å². The summed E-state index contributed by atoms with van der Waals surface area (Å²) in [6.45, 7) is 6.90. The van der Waals surface area contributed by atoms with Crippen molar-refractivity contribution in [1.82, 2.24) is 5.32 Å². The van der Waals surface area contributed by atoms with Crippen LogP contribution in [0, 0.1) is 0 Å². The van der Waals surface area contributed by atoms with Crippen molar-refractivity contribution in [3.05, 3.63) is 59.7 Å². The van der Waals surface area contributed by atoms with E-state index >= 15 is 0 Å². The second-order valence-corrected chi connectivity index (χ2v) is 6.63. The van der Waals surface area contributed by atoms with Crippen LogP contribution in [0.25, 0.3) is 0 Å². The Bertz CT molecular complexity index is 695. The predicted octanol–water partition coefficient (Wildman–Crippen LogP) is 4.33. The fraction of sp³-hybridized carbons (Fsp3) is 0.409. The molecule has 0 aliphatic heterocycles. The molecular formula is C22H29NO3. The summed E-state index contributed by atoms with van der Waals surface area (Å²) in [7, 11) is 1.61. The van der Waals surface area contributed by atoms with E-state index in [1.54, 1.807) is 13.2 Å². The number of hydrogen-bond donors (Lipinski definition) is 1. The van der Waals surface area contributed by atoms with Gasteiger partial charge in [-0.15, -0.1) is 0 Å². The van der Waals surface area contributed by atoms with Crippen LogP contribution in [0.15, 0.2) is 48.5 Å². The highest BCUT2D eigenvalue weighted by Gasteiger charge is 2.18. The lowest BCUT2D eigenvalue weighted by molar-refractivity contribution is -0.128. The van der Waals surface area contributed by atoms with Crippen LogP contribution in [0.5, 0.6) is 11.5 Å². The van der Waals surface area contributed by atoms with Gasteiger partial charge in [0.2, 0.25) is 0 Å². The second kappa shape index (κ2) is 9.85. The monoisotopic (exact) mass is 355 g/mol. The average molecular weight is 355 g/mol. The van der Waals surface area contributed by atoms with Crippen LogP contribution in [-0.2, 0) is 11.2 Å². The molecule has 0 saturated heterocycles. The highest BCUT2D eigenvalue weighted by molar-refractivity contribution is 5.81. The Hall–Kier alpha value is -2.49. The average Bonchev–Trinajstić information content (AvgIpc) is 2.66. The summed E-state index contributed by atoms with van der Waals surface area (Å²) in [4.78, 5) is 12.4. The van der Waals surface area contributed by atoms with E-state index in [1.165, 1.54) is 11.1 Å². The van der Waals surface area contributed by atoms with Crippen molar-refractivity contribution in [2.45, 2.75) is 45.6 Å². The standard InChI is InChI=1S/C22H29NO3/c1-5-21(26-20-8-6-7-19(15-20)25-4)22(24)23-14-13-17-9-11-18(12-10-17)16(2)3/h6-12,15-16,21H,5,13-14H2,1-4H3,(H,23,24)/t21-/m0/s1. The maximum Gasteiger partial charge on any atom is 0.261 e. The summed E-state index contributed by atoms with van der Waals surface area (Å²) in [5.74, 6) is 1.79. The Morgan fingerprint density at radius 3 is 2.38 bits per heavy atom. The van der Waals surface area contributed by atoms with Crippen molar-refractivity contribution in [3.63, 3.8) is 0 Å². The van der Waals surface area contributed by atoms with Crippen LogP contribution >= 0.6 is 0 Å². The zero-order chi connectivity index (χ0) is 18.9. The molecule has 4 nitrogen and oxygen atoms in total. The molecule has 4 heteroatoms. The summed E-state index contributed by atoms with van der Waals surface area (Å²) >= 11 is 0. The van der Waals surface area contributed by atoms with Crippen molar-refractivity contribution < 1.29 is 14.3 Å². The molecule has 0 aromatic heterocycles. The molecule has 0 fully saturated rings. The van der Waals surface area contributed by atoms with Gasteiger partial charge < -0.3 is 14.8 Å². The molecule has 0 radical (unpaired) electrons. The topological polar surface area (TPSA) is 47.6 Å². The van der Waals surface area contributed by atoms with Gasteiger partial charge in [-0.3, -0.25) is 4.79 Å². The van der Waals surface area contributed by atoms with Gasteiger partial charge in [-0.25, -0.2) is 0 Å². The lowest BCUT2D eigenvalue weighted by atomic mass is 10.0. The van der Waals surface area contributed by atoms with Crippen LogP contribution < -0.4 is 14.8 Å². The Morgan fingerprint density at radius 2 is 1.77 bits per heavy atom. The zero-order valence-electron chi connectivity index (χ0n) is 16.1. The first kappa shape index (κ1) is 19.8. The van der Waals surface area contributed by atoms with Crippen molar-refractivity contribution in [2.24, 2.45) is 0 Å². The normalized spacial score (nSPS) is 11.9. The third-order valence-corrected chi connectivity index (χ3v) is 4.34. The molecule has 0 aliphatic carbocycles. The number of methoxy groups -OCH3 is 1. The summed E-state index contributed by atoms with van der Waals surface area (Å²) in [6, 6.07) is 15.9. The Labute approximate surface area is 156 Å². The minimum Gasteiger partial charge on any atom is -0.497 e. The van der Waals surface area contributed by atoms with E-state index < -0.39 is 6.10 Å². The number of carbonyl (C=O) groups is 1. The molecule has 0 spiro atoms. The van der Waals surface area contributed by atoms with Gasteiger partial charge in [0.05, 0.1) is 7.11 Å². The number of amides is 1. The van der Waals surface area contributed by atoms with Crippen molar-refractivity contribution in [1.29, 1.82) is 0 Å². The Kier molecular flexibility index (Phi) is 7.52. The van der Waals surface area contributed by atoms with E-state index in [9.17, 15) is 4.79 Å². The highest BCUT2D eigenvalue weighted by Crippen LogP contribution is 2.20. The first-order chi connectivity index (χ1) is 12.5. The molecule has 0 unspecified atom stereocenters. The van der Waals surface area contributed by atoms with Crippen molar-refractivity contribution in [3.8, 4) is 11.5 Å². The smallest absolute Gasteiger partial charge is 0.261 e. The Balaban J connectivity index is 1.84. The van der Waals surface area contributed by atoms with Crippen LogP contribution in [0.1, 0.15) is 44.2 Å². The maximum atomic E-state index is 12.4. The number of carbonyl (C=O) groups excluding carboxylic acids is 1. The SMILES string of the molecule is CC[C@H](Oc1cccc(OC)c1)C(=O)NCCc1ccc(C(C)C)cc1. The van der Waals surface area contributed by atoms with E-state index in [1.807, 2.05) is 25.1 Å². The summed E-state index contributed by atoms with van der Waals surface area (Å²) in [5, 5.41) is 2.97. The highest BCUT2D eigenvalue weighted by atomic mass is 16.5. The van der Waals surface area contributed by atoms with Gasteiger partial charge in [-0.2, -0.15) is 0 Å². The van der Waals surface area contributed by atoms with Crippen molar-refractivity contribution in [2.75, 3.05) is 13.7 Å². The lowest BCUT2D eigenvalue weighted by Gasteiger charge is -2.17. The minimum absolute atomic E-state index is 0.0888. The molecule has 0 aliphatic rings. The largest absolute Gasteiger partial charge is 0.497 e. The molecule has 2 aromatic carbocycles. The van der Waals surface area contributed by atoms with Crippen molar-refractivity contribution >= 4 is 5.91 Å². The molecule has 0 bridgehead atoms. The van der Waals surface area contributed by atoms with E-state index in [0.717, 1.165) is 6.42 Å². The first-order valence-electron chi connectivity index (χ1n) is 9.20. The van der Waals surface area contributed by atoms with Crippen LogP contribution in [-0.4, -0.2) is 25.7 Å². The summed E-state index contributed by atoms with van der Waals surface area (Å²) in [6.07, 6.45) is 0.900. The molecule has 1 amide bonds. The van der Waals surface area contributed by atoms with E-state index in [2.05, 4.69) is 43.4 Å². The third kappa shape index (κ3) is 5.80. The number of ether oxygens (including phenoxy) is 2. The first-order valence-corrected chi connectivity index (χ1v) is 9.20. The molecule has 140 valence electrons. The molecule has 26 heavy (non-hydrogen) atoms. The summed E-state index contributed by atoms with van der Waals surface area (Å²) in [5.41, 5.74) is 2.55. The Morgan fingerprint density at radius 1 is 1.08 bits per heavy atom. The number of nitrogens with one attached hydrogen (secondary N) is 1. The van der Waals surface area contributed by atoms with Crippen LogP contribution in [0.4, 0.5) is 0 Å².